The molecular weight excluding hydrogens is 436 g/mol. The maximum absolute atomic E-state index is 13.7. The minimum absolute atomic E-state index is 0.121. The van der Waals surface area contributed by atoms with E-state index in [0.717, 1.165) is 10.4 Å². The summed E-state index contributed by atoms with van der Waals surface area (Å²) in [6, 6.07) is 10.8. The van der Waals surface area contributed by atoms with Gasteiger partial charge in [-0.25, -0.2) is 0 Å². The number of nitrogens with zero attached hydrogens (tertiary/aromatic N) is 5. The average Bonchev–Trinajstić information content (AvgIpc) is 3.39. The Kier molecular flexibility index (Phi) is 7.63. The monoisotopic (exact) mass is 468 g/mol. The van der Waals surface area contributed by atoms with Crippen LogP contribution < -0.4 is 10.2 Å². The fourth-order valence-electron chi connectivity index (χ4n) is 3.55. The van der Waals surface area contributed by atoms with Crippen LogP contribution in [0, 0.1) is 12.8 Å². The number of tetrazole rings is 1. The van der Waals surface area contributed by atoms with Crippen molar-refractivity contribution in [2.45, 2.75) is 66.1 Å². The molecule has 0 radical (unpaired) electrons. The molecule has 33 heavy (non-hydrogen) atoms. The molecular formula is C24H32N6O2S. The highest BCUT2D eigenvalue weighted by atomic mass is 32.1. The number of anilines is 1. The second kappa shape index (κ2) is 10.2. The number of nitrogens with one attached hydrogen (secondary N) is 1. The van der Waals surface area contributed by atoms with E-state index in [2.05, 4.69) is 20.7 Å². The molecule has 3 aromatic rings. The van der Waals surface area contributed by atoms with Crippen molar-refractivity contribution in [1.29, 1.82) is 0 Å². The Morgan fingerprint density at radius 2 is 1.88 bits per heavy atom. The molecule has 0 spiro atoms. The van der Waals surface area contributed by atoms with Gasteiger partial charge in [-0.2, -0.15) is 4.80 Å². The van der Waals surface area contributed by atoms with Crippen LogP contribution in [0.3, 0.4) is 0 Å². The standard InChI is InChI=1S/C24H32N6O2S/c1-16(2)14-19(23(32)25-24(4,5)6)30(18-11-8-7-10-17(18)3)21(31)15-29-27-22(26-28-29)20-12-9-13-33-20/h7-13,16,19H,14-15H2,1-6H3,(H,25,32)/t19-/m0/s1. The molecule has 1 aromatic carbocycles. The lowest BCUT2D eigenvalue weighted by Crippen LogP contribution is -2.55. The van der Waals surface area contributed by atoms with Crippen LogP contribution in [0.15, 0.2) is 41.8 Å². The van der Waals surface area contributed by atoms with Gasteiger partial charge < -0.3 is 5.32 Å². The molecule has 0 bridgehead atoms. The largest absolute Gasteiger partial charge is 0.350 e. The van der Waals surface area contributed by atoms with Crippen LogP contribution in [-0.4, -0.2) is 43.6 Å². The molecule has 1 N–H and O–H groups in total. The van der Waals surface area contributed by atoms with Gasteiger partial charge in [0.1, 0.15) is 12.6 Å². The Bertz CT molecular complexity index is 1080. The molecule has 1 atom stereocenters. The first-order chi connectivity index (χ1) is 15.5. The quantitative estimate of drug-likeness (QED) is 0.538. The zero-order valence-electron chi connectivity index (χ0n) is 20.1. The number of aromatic nitrogens is 4. The highest BCUT2D eigenvalue weighted by Gasteiger charge is 2.34. The predicted molar refractivity (Wildman–Crippen MR) is 131 cm³/mol. The van der Waals surface area contributed by atoms with Crippen molar-refractivity contribution in [3.05, 3.63) is 47.3 Å². The SMILES string of the molecule is Cc1ccccc1N(C(=O)Cn1nnc(-c2cccs2)n1)[C@@H](CC(C)C)C(=O)NC(C)(C)C. The summed E-state index contributed by atoms with van der Waals surface area (Å²) in [5.41, 5.74) is 1.19. The Labute approximate surface area is 199 Å². The number of para-hydroxylation sites is 1. The van der Waals surface area contributed by atoms with Crippen LogP contribution in [0.1, 0.15) is 46.6 Å². The second-order valence-corrected chi connectivity index (χ2v) is 10.5. The summed E-state index contributed by atoms with van der Waals surface area (Å²) in [7, 11) is 0. The molecule has 176 valence electrons. The van der Waals surface area contributed by atoms with Gasteiger partial charge >= 0.3 is 0 Å². The van der Waals surface area contributed by atoms with Gasteiger partial charge in [0, 0.05) is 11.2 Å². The molecule has 9 heteroatoms. The lowest BCUT2D eigenvalue weighted by Gasteiger charge is -2.35. The van der Waals surface area contributed by atoms with E-state index >= 15 is 0 Å². The highest BCUT2D eigenvalue weighted by Crippen LogP contribution is 2.26. The number of carbonyl (C=O) groups is 2. The molecule has 0 aliphatic carbocycles. The fourth-order valence-corrected chi connectivity index (χ4v) is 4.20. The summed E-state index contributed by atoms with van der Waals surface area (Å²) in [6.45, 7) is 11.7. The van der Waals surface area contributed by atoms with E-state index in [-0.39, 0.29) is 24.3 Å². The minimum atomic E-state index is -0.668. The van der Waals surface area contributed by atoms with Crippen molar-refractivity contribution >= 4 is 28.8 Å². The number of aryl methyl sites for hydroxylation is 1. The normalized spacial score (nSPS) is 12.6. The molecule has 0 saturated heterocycles. The van der Waals surface area contributed by atoms with Crippen LogP contribution in [0.25, 0.3) is 10.7 Å². The smallest absolute Gasteiger partial charge is 0.251 e. The van der Waals surface area contributed by atoms with E-state index in [1.165, 1.54) is 16.1 Å². The van der Waals surface area contributed by atoms with Crippen LogP contribution in [0.2, 0.25) is 0 Å². The molecule has 3 rings (SSSR count). The van der Waals surface area contributed by atoms with Crippen molar-refractivity contribution in [3.63, 3.8) is 0 Å². The number of carbonyl (C=O) groups excluding carboxylic acids is 2. The summed E-state index contributed by atoms with van der Waals surface area (Å²) in [6.07, 6.45) is 0.521. The van der Waals surface area contributed by atoms with Crippen molar-refractivity contribution in [2.75, 3.05) is 4.90 Å². The Morgan fingerprint density at radius 1 is 1.15 bits per heavy atom. The number of rotatable bonds is 8. The number of hydrogen-bond acceptors (Lipinski definition) is 6. The van der Waals surface area contributed by atoms with Gasteiger partial charge in [-0.1, -0.05) is 38.1 Å². The van der Waals surface area contributed by atoms with Crippen molar-refractivity contribution in [1.82, 2.24) is 25.5 Å². The summed E-state index contributed by atoms with van der Waals surface area (Å²) in [5, 5.41) is 17.5. The summed E-state index contributed by atoms with van der Waals surface area (Å²) in [4.78, 5) is 30.8. The molecule has 2 aromatic heterocycles. The van der Waals surface area contributed by atoms with E-state index < -0.39 is 11.6 Å². The first-order valence-corrected chi connectivity index (χ1v) is 11.9. The van der Waals surface area contributed by atoms with E-state index in [1.807, 2.05) is 83.3 Å². The van der Waals surface area contributed by atoms with Crippen molar-refractivity contribution < 1.29 is 9.59 Å². The van der Waals surface area contributed by atoms with Crippen LogP contribution >= 0.6 is 11.3 Å². The third-order valence-corrected chi connectivity index (χ3v) is 5.79. The van der Waals surface area contributed by atoms with Gasteiger partial charge in [0.15, 0.2) is 0 Å². The lowest BCUT2D eigenvalue weighted by atomic mass is 9.98. The maximum atomic E-state index is 13.7. The van der Waals surface area contributed by atoms with E-state index in [0.29, 0.717) is 17.9 Å². The molecule has 2 heterocycles. The van der Waals surface area contributed by atoms with Gasteiger partial charge in [-0.05, 0) is 68.3 Å². The predicted octanol–water partition coefficient (Wildman–Crippen LogP) is 4.07. The first kappa shape index (κ1) is 24.6. The third-order valence-electron chi connectivity index (χ3n) is 4.92. The molecule has 0 aliphatic heterocycles. The summed E-state index contributed by atoms with van der Waals surface area (Å²) < 4.78 is 0. The number of thiophene rings is 1. The topological polar surface area (TPSA) is 93.0 Å². The fraction of sp³-hybridized carbons (Fsp3) is 0.458. The van der Waals surface area contributed by atoms with Gasteiger partial charge in [-0.3, -0.25) is 14.5 Å². The molecule has 0 aliphatic rings. The van der Waals surface area contributed by atoms with Gasteiger partial charge in [0.2, 0.25) is 11.7 Å². The highest BCUT2D eigenvalue weighted by molar-refractivity contribution is 7.13. The summed E-state index contributed by atoms with van der Waals surface area (Å²) in [5.74, 6) is 0.229. The average molecular weight is 469 g/mol. The van der Waals surface area contributed by atoms with Crippen molar-refractivity contribution in [3.8, 4) is 10.7 Å². The van der Waals surface area contributed by atoms with Gasteiger partial charge in [0.25, 0.3) is 5.91 Å². The molecule has 0 fully saturated rings. The minimum Gasteiger partial charge on any atom is -0.350 e. The molecule has 0 saturated carbocycles. The van der Waals surface area contributed by atoms with Gasteiger partial charge in [-0.15, -0.1) is 21.5 Å². The van der Waals surface area contributed by atoms with Crippen molar-refractivity contribution in [2.24, 2.45) is 5.92 Å². The molecule has 8 nitrogen and oxygen atoms in total. The summed E-state index contributed by atoms with van der Waals surface area (Å²) >= 11 is 1.51. The zero-order chi connectivity index (χ0) is 24.2. The van der Waals surface area contributed by atoms with Gasteiger partial charge in [0.05, 0.1) is 4.88 Å². The molecule has 0 unspecified atom stereocenters. The number of benzene rings is 1. The van der Waals surface area contributed by atoms with E-state index in [9.17, 15) is 9.59 Å². The van der Waals surface area contributed by atoms with Crippen LogP contribution in [0.4, 0.5) is 5.69 Å². The number of amides is 2. The second-order valence-electron chi connectivity index (χ2n) is 9.56. The Morgan fingerprint density at radius 3 is 2.48 bits per heavy atom. The zero-order valence-corrected chi connectivity index (χ0v) is 20.9. The van der Waals surface area contributed by atoms with Crippen LogP contribution in [-0.2, 0) is 16.1 Å². The lowest BCUT2D eigenvalue weighted by molar-refractivity contribution is -0.128. The first-order valence-electron chi connectivity index (χ1n) is 11.1. The number of hydrogen-bond donors (Lipinski definition) is 1. The molecule has 2 amide bonds. The van der Waals surface area contributed by atoms with Crippen LogP contribution in [0.5, 0.6) is 0 Å². The van der Waals surface area contributed by atoms with E-state index in [4.69, 9.17) is 0 Å². The maximum Gasteiger partial charge on any atom is 0.251 e. The Hall–Kier alpha value is -3.07. The Balaban J connectivity index is 1.96. The third kappa shape index (κ3) is 6.47. The van der Waals surface area contributed by atoms with E-state index in [1.54, 1.807) is 4.90 Å².